The highest BCUT2D eigenvalue weighted by atomic mass is 16.4. The van der Waals surface area contributed by atoms with Gasteiger partial charge in [-0.25, -0.2) is 0 Å². The van der Waals surface area contributed by atoms with Gasteiger partial charge in [-0.2, -0.15) is 0 Å². The number of piperidine rings is 1. The maximum absolute atomic E-state index is 12.2. The molecule has 5 nitrogen and oxygen atoms in total. The van der Waals surface area contributed by atoms with Gasteiger partial charge in [0.15, 0.2) is 0 Å². The summed E-state index contributed by atoms with van der Waals surface area (Å²) in [5.41, 5.74) is 0. The number of nitrogens with zero attached hydrogens (tertiary/aromatic N) is 1. The van der Waals surface area contributed by atoms with E-state index in [4.69, 9.17) is 5.11 Å². The Labute approximate surface area is 115 Å². The standard InChI is InChI=1S/C14H26N2O3/c1-10(2)16(9-14(18)19)13(17)8-11(3)12-4-6-15-7-5-12/h10-12,15H,4-9H2,1-3H3,(H,18,19). The minimum Gasteiger partial charge on any atom is -0.480 e. The number of carbonyl (C=O) groups is 2. The summed E-state index contributed by atoms with van der Waals surface area (Å²) in [6.07, 6.45) is 2.67. The second-order valence-corrected chi connectivity index (χ2v) is 5.78. The van der Waals surface area contributed by atoms with Crippen LogP contribution < -0.4 is 5.32 Å². The molecule has 0 spiro atoms. The van der Waals surface area contributed by atoms with Crippen LogP contribution in [0.2, 0.25) is 0 Å². The Morgan fingerprint density at radius 2 is 1.84 bits per heavy atom. The zero-order valence-corrected chi connectivity index (χ0v) is 12.2. The number of hydrogen-bond donors (Lipinski definition) is 2. The summed E-state index contributed by atoms with van der Waals surface area (Å²) in [5.74, 6) is -0.0892. The maximum Gasteiger partial charge on any atom is 0.323 e. The molecule has 2 N–H and O–H groups in total. The van der Waals surface area contributed by atoms with E-state index in [1.165, 1.54) is 4.90 Å². The average Bonchev–Trinajstić information content (AvgIpc) is 2.36. The number of rotatable bonds is 6. The molecule has 1 atom stereocenters. The lowest BCUT2D eigenvalue weighted by Crippen LogP contribution is -2.42. The first-order valence-corrected chi connectivity index (χ1v) is 7.13. The van der Waals surface area contributed by atoms with Gasteiger partial charge in [0, 0.05) is 12.5 Å². The highest BCUT2D eigenvalue weighted by Gasteiger charge is 2.26. The summed E-state index contributed by atoms with van der Waals surface area (Å²) in [4.78, 5) is 24.5. The maximum atomic E-state index is 12.2. The zero-order chi connectivity index (χ0) is 14.4. The Bertz CT molecular complexity index is 312. The fourth-order valence-corrected chi connectivity index (χ4v) is 2.68. The number of carbonyl (C=O) groups excluding carboxylic acids is 1. The van der Waals surface area contributed by atoms with Crippen LogP contribution in [0.1, 0.15) is 40.0 Å². The Kier molecular flexibility index (Phi) is 6.28. The van der Waals surface area contributed by atoms with Crippen molar-refractivity contribution >= 4 is 11.9 Å². The second kappa shape index (κ2) is 7.48. The molecule has 1 heterocycles. The SMILES string of the molecule is CC(CC(=O)N(CC(=O)O)C(C)C)C1CCNCC1. The Morgan fingerprint density at radius 1 is 1.26 bits per heavy atom. The first-order valence-electron chi connectivity index (χ1n) is 7.13. The van der Waals surface area contributed by atoms with Crippen LogP contribution in [0.25, 0.3) is 0 Å². The van der Waals surface area contributed by atoms with Gasteiger partial charge in [-0.15, -0.1) is 0 Å². The van der Waals surface area contributed by atoms with Gasteiger partial charge in [0.25, 0.3) is 0 Å². The third-order valence-corrected chi connectivity index (χ3v) is 3.93. The monoisotopic (exact) mass is 270 g/mol. The van der Waals surface area contributed by atoms with Crippen LogP contribution in [0.4, 0.5) is 0 Å². The molecule has 0 aromatic rings. The molecule has 0 aromatic carbocycles. The summed E-state index contributed by atoms with van der Waals surface area (Å²) < 4.78 is 0. The fraction of sp³-hybridized carbons (Fsp3) is 0.857. The molecule has 110 valence electrons. The number of hydrogen-bond acceptors (Lipinski definition) is 3. The van der Waals surface area contributed by atoms with E-state index in [-0.39, 0.29) is 18.5 Å². The topological polar surface area (TPSA) is 69.6 Å². The zero-order valence-electron chi connectivity index (χ0n) is 12.2. The van der Waals surface area contributed by atoms with Gasteiger partial charge in [0.1, 0.15) is 6.54 Å². The smallest absolute Gasteiger partial charge is 0.323 e. The van der Waals surface area contributed by atoms with Crippen LogP contribution >= 0.6 is 0 Å². The highest BCUT2D eigenvalue weighted by molar-refractivity contribution is 5.81. The van der Waals surface area contributed by atoms with Crippen LogP contribution in [-0.4, -0.2) is 47.6 Å². The Balaban J connectivity index is 2.52. The third-order valence-electron chi connectivity index (χ3n) is 3.93. The lowest BCUT2D eigenvalue weighted by atomic mass is 9.84. The quantitative estimate of drug-likeness (QED) is 0.764. The highest BCUT2D eigenvalue weighted by Crippen LogP contribution is 2.25. The first-order chi connectivity index (χ1) is 8.91. The van der Waals surface area contributed by atoms with Crippen molar-refractivity contribution in [1.82, 2.24) is 10.2 Å². The average molecular weight is 270 g/mol. The van der Waals surface area contributed by atoms with Crippen LogP contribution in [-0.2, 0) is 9.59 Å². The molecule has 1 amide bonds. The van der Waals surface area contributed by atoms with E-state index in [1.54, 1.807) is 0 Å². The fourth-order valence-electron chi connectivity index (χ4n) is 2.68. The summed E-state index contributed by atoms with van der Waals surface area (Å²) in [7, 11) is 0. The molecule has 0 aliphatic carbocycles. The molecule has 1 saturated heterocycles. The molecular formula is C14H26N2O3. The summed E-state index contributed by atoms with van der Waals surface area (Å²) in [5, 5.41) is 12.2. The van der Waals surface area contributed by atoms with E-state index in [9.17, 15) is 9.59 Å². The predicted octanol–water partition coefficient (Wildman–Crippen LogP) is 1.33. The number of amides is 1. The molecule has 5 heteroatoms. The molecule has 1 unspecified atom stereocenters. The van der Waals surface area contributed by atoms with Crippen molar-refractivity contribution in [2.75, 3.05) is 19.6 Å². The number of carboxylic acid groups (broad SMARTS) is 1. The molecule has 0 radical (unpaired) electrons. The minimum absolute atomic E-state index is 0.0385. The number of aliphatic carboxylic acids is 1. The van der Waals surface area contributed by atoms with E-state index in [2.05, 4.69) is 12.2 Å². The van der Waals surface area contributed by atoms with Crippen molar-refractivity contribution in [1.29, 1.82) is 0 Å². The van der Waals surface area contributed by atoms with Gasteiger partial charge >= 0.3 is 5.97 Å². The van der Waals surface area contributed by atoms with Crippen molar-refractivity contribution in [3.05, 3.63) is 0 Å². The molecule has 1 aliphatic heterocycles. The second-order valence-electron chi connectivity index (χ2n) is 5.78. The normalized spacial score (nSPS) is 18.3. The largest absolute Gasteiger partial charge is 0.480 e. The molecule has 1 rings (SSSR count). The van der Waals surface area contributed by atoms with E-state index < -0.39 is 5.97 Å². The lowest BCUT2D eigenvalue weighted by molar-refractivity contribution is -0.146. The van der Waals surface area contributed by atoms with Crippen molar-refractivity contribution in [2.45, 2.75) is 46.1 Å². The summed E-state index contributed by atoms with van der Waals surface area (Å²) >= 11 is 0. The molecule has 0 bridgehead atoms. The molecule has 0 saturated carbocycles. The van der Waals surface area contributed by atoms with E-state index in [0.29, 0.717) is 18.3 Å². The molecule has 1 aliphatic rings. The third kappa shape index (κ3) is 5.19. The van der Waals surface area contributed by atoms with Gasteiger partial charge in [0.2, 0.25) is 5.91 Å². The Hall–Kier alpha value is -1.10. The van der Waals surface area contributed by atoms with Crippen LogP contribution in [0.15, 0.2) is 0 Å². The summed E-state index contributed by atoms with van der Waals surface area (Å²) in [6, 6.07) is -0.0659. The molecular weight excluding hydrogens is 244 g/mol. The van der Waals surface area contributed by atoms with Crippen LogP contribution in [0.5, 0.6) is 0 Å². The van der Waals surface area contributed by atoms with Crippen molar-refractivity contribution in [3.63, 3.8) is 0 Å². The number of carboxylic acids is 1. The summed E-state index contributed by atoms with van der Waals surface area (Å²) in [6.45, 7) is 7.66. The van der Waals surface area contributed by atoms with Gasteiger partial charge in [-0.05, 0) is 51.6 Å². The molecule has 0 aromatic heterocycles. The van der Waals surface area contributed by atoms with E-state index in [0.717, 1.165) is 25.9 Å². The van der Waals surface area contributed by atoms with E-state index >= 15 is 0 Å². The molecule has 19 heavy (non-hydrogen) atoms. The van der Waals surface area contributed by atoms with Gasteiger partial charge in [-0.1, -0.05) is 6.92 Å². The predicted molar refractivity (Wildman–Crippen MR) is 73.9 cm³/mol. The van der Waals surface area contributed by atoms with Gasteiger partial charge < -0.3 is 15.3 Å². The van der Waals surface area contributed by atoms with Crippen LogP contribution in [0.3, 0.4) is 0 Å². The minimum atomic E-state index is -0.948. The van der Waals surface area contributed by atoms with Crippen molar-refractivity contribution < 1.29 is 14.7 Å². The lowest BCUT2D eigenvalue weighted by Gasteiger charge is -2.31. The van der Waals surface area contributed by atoms with Crippen molar-refractivity contribution in [3.8, 4) is 0 Å². The van der Waals surface area contributed by atoms with E-state index in [1.807, 2.05) is 13.8 Å². The van der Waals surface area contributed by atoms with Crippen molar-refractivity contribution in [2.24, 2.45) is 11.8 Å². The molecule has 1 fully saturated rings. The number of nitrogens with one attached hydrogen (secondary N) is 1. The Morgan fingerprint density at radius 3 is 2.32 bits per heavy atom. The van der Waals surface area contributed by atoms with Crippen LogP contribution in [0, 0.1) is 11.8 Å². The first kappa shape index (κ1) is 16.0. The van der Waals surface area contributed by atoms with Gasteiger partial charge in [-0.3, -0.25) is 9.59 Å². The van der Waals surface area contributed by atoms with Gasteiger partial charge in [0.05, 0.1) is 0 Å².